The number of methoxy groups -OCH3 is 1. The number of sulfonamides is 1. The van der Waals surface area contributed by atoms with Crippen molar-refractivity contribution in [1.29, 1.82) is 0 Å². The predicted octanol–water partition coefficient (Wildman–Crippen LogP) is 3.50. The number of benzene rings is 2. The van der Waals surface area contributed by atoms with E-state index in [1.54, 1.807) is 30.2 Å². The molecule has 178 valence electrons. The van der Waals surface area contributed by atoms with Crippen molar-refractivity contribution in [1.82, 2.24) is 9.62 Å². The standard InChI is InChI=1S/C25H33N3O4S/c1-18-15-21-16-23(11-12-24(21)28(18)19(2)29)33(30,31)26-17-25(27-13-5-4-6-14-27)20-7-9-22(32-3)10-8-20/h7-12,16,18,25-26H,4-6,13-15,17H2,1-3H3. The molecule has 2 atom stereocenters. The molecule has 7 nitrogen and oxygen atoms in total. The topological polar surface area (TPSA) is 79.0 Å². The van der Waals surface area contributed by atoms with E-state index in [1.807, 2.05) is 31.2 Å². The normalized spacial score (nSPS) is 19.8. The number of anilines is 1. The van der Waals surface area contributed by atoms with E-state index in [1.165, 1.54) is 13.3 Å². The number of rotatable bonds is 7. The molecule has 0 spiro atoms. The zero-order valence-corrected chi connectivity index (χ0v) is 20.4. The first-order chi connectivity index (χ1) is 15.8. The van der Waals surface area contributed by atoms with E-state index in [4.69, 9.17) is 4.74 Å². The molecule has 33 heavy (non-hydrogen) atoms. The van der Waals surface area contributed by atoms with E-state index in [2.05, 4.69) is 9.62 Å². The van der Waals surface area contributed by atoms with E-state index < -0.39 is 10.0 Å². The average Bonchev–Trinajstić information content (AvgIpc) is 3.15. The second-order valence-corrected chi connectivity index (χ2v) is 10.7. The van der Waals surface area contributed by atoms with Crippen LogP contribution >= 0.6 is 0 Å². The summed E-state index contributed by atoms with van der Waals surface area (Å²) in [5.41, 5.74) is 2.77. The SMILES string of the molecule is COc1ccc(C(CNS(=O)(=O)c2ccc3c(c2)CC(C)N3C(C)=O)N2CCCCC2)cc1. The van der Waals surface area contributed by atoms with E-state index in [0.717, 1.165) is 48.5 Å². The molecule has 8 heteroatoms. The minimum Gasteiger partial charge on any atom is -0.497 e. The van der Waals surface area contributed by atoms with Gasteiger partial charge in [-0.2, -0.15) is 0 Å². The molecule has 0 aromatic heterocycles. The first-order valence-corrected chi connectivity index (χ1v) is 13.1. The van der Waals surface area contributed by atoms with Gasteiger partial charge in [-0.3, -0.25) is 9.69 Å². The molecule has 4 rings (SSSR count). The number of hydrogen-bond donors (Lipinski definition) is 1. The number of carbonyl (C=O) groups excluding carboxylic acids is 1. The lowest BCUT2D eigenvalue weighted by Gasteiger charge is -2.35. The summed E-state index contributed by atoms with van der Waals surface area (Å²) >= 11 is 0. The Bertz CT molecular complexity index is 1100. The number of hydrogen-bond acceptors (Lipinski definition) is 5. The largest absolute Gasteiger partial charge is 0.497 e. The van der Waals surface area contributed by atoms with Crippen LogP contribution in [-0.2, 0) is 21.2 Å². The van der Waals surface area contributed by atoms with Gasteiger partial charge < -0.3 is 9.64 Å². The van der Waals surface area contributed by atoms with Gasteiger partial charge in [0.1, 0.15) is 5.75 Å². The highest BCUT2D eigenvalue weighted by Crippen LogP contribution is 2.34. The van der Waals surface area contributed by atoms with Crippen LogP contribution in [0.15, 0.2) is 47.4 Å². The van der Waals surface area contributed by atoms with Gasteiger partial charge >= 0.3 is 0 Å². The summed E-state index contributed by atoms with van der Waals surface area (Å²) in [5, 5.41) is 0. The monoisotopic (exact) mass is 471 g/mol. The maximum Gasteiger partial charge on any atom is 0.240 e. The third-order valence-electron chi connectivity index (χ3n) is 6.71. The Kier molecular flexibility index (Phi) is 7.07. The van der Waals surface area contributed by atoms with Crippen LogP contribution in [0.25, 0.3) is 0 Å². The van der Waals surface area contributed by atoms with Crippen LogP contribution < -0.4 is 14.4 Å². The fourth-order valence-corrected chi connectivity index (χ4v) is 6.13. The summed E-state index contributed by atoms with van der Waals surface area (Å²) in [5.74, 6) is 0.752. The van der Waals surface area contributed by atoms with Crippen molar-refractivity contribution in [2.75, 3.05) is 31.6 Å². The molecule has 0 saturated carbocycles. The minimum atomic E-state index is -3.70. The Balaban J connectivity index is 1.54. The van der Waals surface area contributed by atoms with Crippen LogP contribution in [0, 0.1) is 0 Å². The average molecular weight is 472 g/mol. The van der Waals surface area contributed by atoms with Crippen molar-refractivity contribution in [3.05, 3.63) is 53.6 Å². The predicted molar refractivity (Wildman–Crippen MR) is 129 cm³/mol. The smallest absolute Gasteiger partial charge is 0.240 e. The molecule has 0 aliphatic carbocycles. The Morgan fingerprint density at radius 2 is 1.82 bits per heavy atom. The van der Waals surface area contributed by atoms with Gasteiger partial charge in [-0.25, -0.2) is 13.1 Å². The molecule has 1 saturated heterocycles. The Morgan fingerprint density at radius 1 is 1.12 bits per heavy atom. The lowest BCUT2D eigenvalue weighted by Crippen LogP contribution is -2.40. The van der Waals surface area contributed by atoms with Crippen molar-refractivity contribution < 1.29 is 17.9 Å². The fraction of sp³-hybridized carbons (Fsp3) is 0.480. The highest BCUT2D eigenvalue weighted by Gasteiger charge is 2.31. The second-order valence-electron chi connectivity index (χ2n) is 8.97. The molecular weight excluding hydrogens is 438 g/mol. The molecule has 2 aromatic rings. The summed E-state index contributed by atoms with van der Waals surface area (Å²) in [6.45, 7) is 5.72. The van der Waals surface area contributed by atoms with E-state index >= 15 is 0 Å². The fourth-order valence-electron chi connectivity index (χ4n) is 5.04. The van der Waals surface area contributed by atoms with Gasteiger partial charge in [0.05, 0.1) is 12.0 Å². The molecule has 0 bridgehead atoms. The highest BCUT2D eigenvalue weighted by atomic mass is 32.2. The summed E-state index contributed by atoms with van der Waals surface area (Å²) in [6.07, 6.45) is 4.10. The van der Waals surface area contributed by atoms with Crippen molar-refractivity contribution in [2.45, 2.75) is 56.5 Å². The number of ether oxygens (including phenoxy) is 1. The molecule has 0 radical (unpaired) electrons. The van der Waals surface area contributed by atoms with Gasteiger partial charge in [0.15, 0.2) is 0 Å². The van der Waals surface area contributed by atoms with E-state index in [0.29, 0.717) is 13.0 Å². The number of amides is 1. The van der Waals surface area contributed by atoms with Crippen LogP contribution in [0.1, 0.15) is 50.3 Å². The molecule has 2 aliphatic rings. The maximum absolute atomic E-state index is 13.2. The third-order valence-corrected chi connectivity index (χ3v) is 8.14. The maximum atomic E-state index is 13.2. The van der Waals surface area contributed by atoms with Gasteiger partial charge in [0, 0.05) is 31.2 Å². The number of carbonyl (C=O) groups is 1. The molecule has 2 heterocycles. The van der Waals surface area contributed by atoms with Crippen molar-refractivity contribution >= 4 is 21.6 Å². The van der Waals surface area contributed by atoms with E-state index in [-0.39, 0.29) is 22.9 Å². The minimum absolute atomic E-state index is 0.0288. The number of piperidine rings is 1. The van der Waals surface area contributed by atoms with Crippen LogP contribution in [0.4, 0.5) is 5.69 Å². The molecule has 2 aliphatic heterocycles. The van der Waals surface area contributed by atoms with Crippen LogP contribution in [0.2, 0.25) is 0 Å². The molecule has 2 unspecified atom stereocenters. The number of nitrogens with zero attached hydrogens (tertiary/aromatic N) is 2. The Hall–Kier alpha value is -2.42. The summed E-state index contributed by atoms with van der Waals surface area (Å²) in [7, 11) is -2.06. The highest BCUT2D eigenvalue weighted by molar-refractivity contribution is 7.89. The van der Waals surface area contributed by atoms with Gasteiger partial charge in [-0.15, -0.1) is 0 Å². The van der Waals surface area contributed by atoms with E-state index in [9.17, 15) is 13.2 Å². The number of likely N-dealkylation sites (tertiary alicyclic amines) is 1. The Labute approximate surface area is 196 Å². The first-order valence-electron chi connectivity index (χ1n) is 11.6. The summed E-state index contributed by atoms with van der Waals surface area (Å²) < 4.78 is 34.6. The lowest BCUT2D eigenvalue weighted by molar-refractivity contribution is -0.116. The number of nitrogens with one attached hydrogen (secondary N) is 1. The van der Waals surface area contributed by atoms with Gasteiger partial charge in [-0.05, 0) is 80.7 Å². The summed E-state index contributed by atoms with van der Waals surface area (Å²) in [6, 6.07) is 12.9. The molecule has 1 N–H and O–H groups in total. The van der Waals surface area contributed by atoms with Crippen LogP contribution in [0.5, 0.6) is 5.75 Å². The van der Waals surface area contributed by atoms with Crippen LogP contribution in [-0.4, -0.2) is 52.0 Å². The Morgan fingerprint density at radius 3 is 2.45 bits per heavy atom. The van der Waals surface area contributed by atoms with Crippen LogP contribution in [0.3, 0.4) is 0 Å². The summed E-state index contributed by atoms with van der Waals surface area (Å²) in [4.78, 5) is 16.3. The van der Waals surface area contributed by atoms with Crippen molar-refractivity contribution in [3.8, 4) is 5.75 Å². The third kappa shape index (κ3) is 5.08. The molecule has 1 amide bonds. The van der Waals surface area contributed by atoms with Gasteiger partial charge in [0.2, 0.25) is 15.9 Å². The first kappa shape index (κ1) is 23.7. The van der Waals surface area contributed by atoms with Crippen molar-refractivity contribution in [3.63, 3.8) is 0 Å². The molecule has 2 aromatic carbocycles. The molecular formula is C25H33N3O4S. The molecule has 1 fully saturated rings. The number of fused-ring (bicyclic) bond motifs is 1. The van der Waals surface area contributed by atoms with Gasteiger partial charge in [0.25, 0.3) is 0 Å². The zero-order chi connectivity index (χ0) is 23.6. The van der Waals surface area contributed by atoms with Crippen molar-refractivity contribution in [2.24, 2.45) is 0 Å². The zero-order valence-electron chi connectivity index (χ0n) is 19.6. The van der Waals surface area contributed by atoms with Gasteiger partial charge in [-0.1, -0.05) is 18.6 Å². The lowest BCUT2D eigenvalue weighted by atomic mass is 10.0. The quantitative estimate of drug-likeness (QED) is 0.669. The second kappa shape index (κ2) is 9.83.